The lowest BCUT2D eigenvalue weighted by Gasteiger charge is -2.33. The molecule has 9 heteroatoms. The zero-order valence-corrected chi connectivity index (χ0v) is 17.5. The van der Waals surface area contributed by atoms with Crippen LogP contribution in [-0.2, 0) is 11.2 Å². The molecule has 9 nitrogen and oxygen atoms in total. The van der Waals surface area contributed by atoms with Crippen LogP contribution in [0.4, 0.5) is 0 Å². The Morgan fingerprint density at radius 2 is 2.10 bits per heavy atom. The van der Waals surface area contributed by atoms with Crippen molar-refractivity contribution in [3.05, 3.63) is 30.2 Å². The molecule has 160 valence electrons. The Bertz CT molecular complexity index is 784. The third-order valence-electron chi connectivity index (χ3n) is 4.84. The maximum Gasteiger partial charge on any atom is 0.191 e. The molecule has 1 fully saturated rings. The molecule has 1 saturated heterocycles. The highest BCUT2D eigenvalue weighted by Crippen LogP contribution is 2.09. The number of nitrogens with one attached hydrogen (secondary N) is 2. The third kappa shape index (κ3) is 6.66. The second-order valence-electron chi connectivity index (χ2n) is 7.66. The molecule has 2 aromatic heterocycles. The van der Waals surface area contributed by atoms with Crippen molar-refractivity contribution in [3.8, 4) is 0 Å². The Labute approximate surface area is 172 Å². The molecule has 0 spiro atoms. The van der Waals surface area contributed by atoms with Crippen LogP contribution < -0.4 is 10.6 Å². The molecule has 0 bridgehead atoms. The maximum atomic E-state index is 10.7. The van der Waals surface area contributed by atoms with Gasteiger partial charge in [-0.2, -0.15) is 0 Å². The van der Waals surface area contributed by atoms with E-state index in [4.69, 9.17) is 4.74 Å². The van der Waals surface area contributed by atoms with E-state index >= 15 is 0 Å². The summed E-state index contributed by atoms with van der Waals surface area (Å²) < 4.78 is 7.38. The van der Waals surface area contributed by atoms with Crippen LogP contribution in [0.25, 0.3) is 5.65 Å². The standard InChI is InChI=1S/C20H33N7O2/c1-3-21-19(23-15-20(2,28)16-26-11-13-29-14-12-26)22-9-6-8-18-25-24-17-7-4-5-10-27(17)18/h4-5,7,10,28H,3,6,8-9,11-16H2,1-2H3,(H2,21,22,23). The molecular formula is C20H33N7O2. The number of aliphatic hydroxyl groups is 1. The lowest BCUT2D eigenvalue weighted by Crippen LogP contribution is -2.48. The van der Waals surface area contributed by atoms with Crippen LogP contribution in [0.5, 0.6) is 0 Å². The van der Waals surface area contributed by atoms with Gasteiger partial charge in [-0.3, -0.25) is 14.3 Å². The number of aliphatic imine (C=N–C) groups is 1. The van der Waals surface area contributed by atoms with Crippen LogP contribution in [0.15, 0.2) is 29.4 Å². The lowest BCUT2D eigenvalue weighted by atomic mass is 10.1. The highest BCUT2D eigenvalue weighted by molar-refractivity contribution is 5.79. The van der Waals surface area contributed by atoms with Gasteiger partial charge >= 0.3 is 0 Å². The monoisotopic (exact) mass is 403 g/mol. The first kappa shape index (κ1) is 21.5. The summed E-state index contributed by atoms with van der Waals surface area (Å²) in [5, 5.41) is 25.8. The van der Waals surface area contributed by atoms with E-state index in [-0.39, 0.29) is 0 Å². The van der Waals surface area contributed by atoms with Gasteiger partial charge in [-0.15, -0.1) is 10.2 Å². The summed E-state index contributed by atoms with van der Waals surface area (Å²) in [4.78, 5) is 6.81. The van der Waals surface area contributed by atoms with E-state index < -0.39 is 5.60 Å². The van der Waals surface area contributed by atoms with Gasteiger partial charge in [0.05, 0.1) is 25.4 Å². The minimum absolute atomic E-state index is 0.342. The number of fused-ring (bicyclic) bond motifs is 1. The Morgan fingerprint density at radius 3 is 2.90 bits per heavy atom. The maximum absolute atomic E-state index is 10.7. The van der Waals surface area contributed by atoms with Gasteiger partial charge in [0, 0.05) is 45.3 Å². The number of pyridine rings is 1. The zero-order chi connectivity index (χ0) is 20.5. The SMILES string of the molecule is CCNC(=NCC(C)(O)CN1CCOCC1)NCCCc1nnc2ccccn12. The van der Waals surface area contributed by atoms with E-state index in [1.165, 1.54) is 0 Å². The van der Waals surface area contributed by atoms with Crippen molar-refractivity contribution in [2.75, 3.05) is 52.5 Å². The van der Waals surface area contributed by atoms with Crippen molar-refractivity contribution < 1.29 is 9.84 Å². The summed E-state index contributed by atoms with van der Waals surface area (Å²) in [5.41, 5.74) is -0.00649. The van der Waals surface area contributed by atoms with Gasteiger partial charge in [0.25, 0.3) is 0 Å². The normalized spacial score (nSPS) is 18.0. The van der Waals surface area contributed by atoms with Gasteiger partial charge in [-0.05, 0) is 32.4 Å². The summed E-state index contributed by atoms with van der Waals surface area (Å²) in [7, 11) is 0. The van der Waals surface area contributed by atoms with E-state index in [2.05, 4.69) is 30.7 Å². The Morgan fingerprint density at radius 1 is 1.28 bits per heavy atom. The number of morpholine rings is 1. The lowest BCUT2D eigenvalue weighted by molar-refractivity contribution is -0.0179. The third-order valence-corrected chi connectivity index (χ3v) is 4.84. The first-order valence-electron chi connectivity index (χ1n) is 10.4. The van der Waals surface area contributed by atoms with Crippen LogP contribution in [0.3, 0.4) is 0 Å². The number of hydrogen-bond acceptors (Lipinski definition) is 6. The molecule has 29 heavy (non-hydrogen) atoms. The largest absolute Gasteiger partial charge is 0.387 e. The number of nitrogens with zero attached hydrogens (tertiary/aromatic N) is 5. The van der Waals surface area contributed by atoms with Gasteiger partial charge in [-0.25, -0.2) is 0 Å². The van der Waals surface area contributed by atoms with Crippen molar-refractivity contribution in [2.45, 2.75) is 32.3 Å². The molecule has 1 unspecified atom stereocenters. The quantitative estimate of drug-likeness (QED) is 0.315. The zero-order valence-electron chi connectivity index (χ0n) is 17.5. The van der Waals surface area contributed by atoms with Gasteiger partial charge in [0.2, 0.25) is 0 Å². The van der Waals surface area contributed by atoms with Crippen molar-refractivity contribution in [3.63, 3.8) is 0 Å². The molecule has 3 N–H and O–H groups in total. The van der Waals surface area contributed by atoms with Crippen LogP contribution in [0.1, 0.15) is 26.1 Å². The smallest absolute Gasteiger partial charge is 0.191 e. The molecule has 3 heterocycles. The predicted octanol–water partition coefficient (Wildman–Crippen LogP) is 0.300. The molecule has 0 aromatic carbocycles. The molecule has 1 atom stereocenters. The molecule has 2 aromatic rings. The van der Waals surface area contributed by atoms with Crippen molar-refractivity contribution in [1.82, 2.24) is 30.1 Å². The Kier molecular flexibility index (Phi) is 7.79. The first-order valence-corrected chi connectivity index (χ1v) is 10.4. The van der Waals surface area contributed by atoms with E-state index in [9.17, 15) is 5.11 Å². The van der Waals surface area contributed by atoms with Gasteiger partial charge in [0.15, 0.2) is 11.6 Å². The second kappa shape index (κ2) is 10.5. The predicted molar refractivity (Wildman–Crippen MR) is 113 cm³/mol. The molecule has 0 amide bonds. The fraction of sp³-hybridized carbons (Fsp3) is 0.650. The van der Waals surface area contributed by atoms with E-state index in [1.807, 2.05) is 42.6 Å². The molecule has 1 aliphatic heterocycles. The Balaban J connectivity index is 1.45. The van der Waals surface area contributed by atoms with Crippen molar-refractivity contribution in [1.29, 1.82) is 0 Å². The van der Waals surface area contributed by atoms with Crippen LogP contribution in [0.2, 0.25) is 0 Å². The van der Waals surface area contributed by atoms with Crippen LogP contribution in [0, 0.1) is 0 Å². The molecule has 1 aliphatic rings. The first-order chi connectivity index (χ1) is 14.1. The molecule has 0 radical (unpaired) electrons. The number of aryl methyl sites for hydroxylation is 1. The van der Waals surface area contributed by atoms with E-state index in [0.717, 1.165) is 69.7 Å². The molecule has 0 aliphatic carbocycles. The number of aromatic nitrogens is 3. The highest BCUT2D eigenvalue weighted by atomic mass is 16.5. The van der Waals surface area contributed by atoms with Gasteiger partial charge in [-0.1, -0.05) is 6.07 Å². The number of guanidine groups is 1. The summed E-state index contributed by atoms with van der Waals surface area (Å²) in [5.74, 6) is 1.68. The molecule has 0 saturated carbocycles. The van der Waals surface area contributed by atoms with Crippen LogP contribution in [-0.4, -0.2) is 88.6 Å². The fourth-order valence-electron chi connectivity index (χ4n) is 3.40. The molecule has 3 rings (SSSR count). The summed E-state index contributed by atoms with van der Waals surface area (Å²) in [6.45, 7) is 9.51. The fourth-order valence-corrected chi connectivity index (χ4v) is 3.40. The summed E-state index contributed by atoms with van der Waals surface area (Å²) in [6, 6.07) is 5.90. The van der Waals surface area contributed by atoms with E-state index in [0.29, 0.717) is 13.1 Å². The number of hydrogen-bond donors (Lipinski definition) is 3. The average Bonchev–Trinajstić information content (AvgIpc) is 3.13. The van der Waals surface area contributed by atoms with Gasteiger partial charge in [0.1, 0.15) is 5.82 Å². The van der Waals surface area contributed by atoms with Crippen LogP contribution >= 0.6 is 0 Å². The van der Waals surface area contributed by atoms with E-state index in [1.54, 1.807) is 0 Å². The minimum atomic E-state index is -0.875. The van der Waals surface area contributed by atoms with Crippen molar-refractivity contribution in [2.24, 2.45) is 4.99 Å². The Hall–Kier alpha value is -2.23. The average molecular weight is 404 g/mol. The number of ether oxygens (including phenoxy) is 1. The number of β-amino-alcohol motifs (C(OH)–C–C–N with tert-alkyl or cyclic N) is 1. The second-order valence-corrected chi connectivity index (χ2v) is 7.66. The topological polar surface area (TPSA) is 99.3 Å². The summed E-state index contributed by atoms with van der Waals surface area (Å²) in [6.07, 6.45) is 3.72. The summed E-state index contributed by atoms with van der Waals surface area (Å²) >= 11 is 0. The number of rotatable bonds is 9. The molecular weight excluding hydrogens is 370 g/mol. The highest BCUT2D eigenvalue weighted by Gasteiger charge is 2.25. The minimum Gasteiger partial charge on any atom is -0.387 e. The van der Waals surface area contributed by atoms with Gasteiger partial charge < -0.3 is 20.5 Å². The van der Waals surface area contributed by atoms with Crippen molar-refractivity contribution >= 4 is 11.6 Å².